The van der Waals surface area contributed by atoms with Gasteiger partial charge in [-0.2, -0.15) is 5.10 Å². The summed E-state index contributed by atoms with van der Waals surface area (Å²) in [6, 6.07) is 16.0. The van der Waals surface area contributed by atoms with Crippen molar-refractivity contribution in [2.24, 2.45) is 0 Å². The topological polar surface area (TPSA) is 55.1 Å². The zero-order valence-electron chi connectivity index (χ0n) is 12.5. The van der Waals surface area contributed by atoms with Crippen LogP contribution in [-0.2, 0) is 11.3 Å². The van der Waals surface area contributed by atoms with Crippen LogP contribution in [-0.4, -0.2) is 20.9 Å². The van der Waals surface area contributed by atoms with E-state index in [2.05, 4.69) is 5.10 Å². The SMILES string of the molecule is Cc1cc(-c2cc(-c3ccccc3)n(CC(=O)O)n2)ccc1F. The molecule has 0 saturated heterocycles. The van der Waals surface area contributed by atoms with Gasteiger partial charge in [0, 0.05) is 5.56 Å². The highest BCUT2D eigenvalue weighted by atomic mass is 19.1. The molecule has 0 aliphatic rings. The molecule has 0 fully saturated rings. The van der Waals surface area contributed by atoms with Gasteiger partial charge in [-0.1, -0.05) is 30.3 Å². The molecule has 5 heteroatoms. The Hall–Kier alpha value is -2.95. The van der Waals surface area contributed by atoms with Gasteiger partial charge in [0.05, 0.1) is 11.4 Å². The number of carbonyl (C=O) groups is 1. The molecule has 0 aliphatic heterocycles. The molecule has 0 radical (unpaired) electrons. The molecule has 0 saturated carbocycles. The Kier molecular flexibility index (Phi) is 3.93. The van der Waals surface area contributed by atoms with E-state index in [1.807, 2.05) is 36.4 Å². The van der Waals surface area contributed by atoms with Crippen molar-refractivity contribution in [1.29, 1.82) is 0 Å². The number of halogens is 1. The summed E-state index contributed by atoms with van der Waals surface area (Å²) in [6.07, 6.45) is 0. The Balaban J connectivity index is 2.10. The summed E-state index contributed by atoms with van der Waals surface area (Å²) in [5.74, 6) is -1.24. The predicted octanol–water partition coefficient (Wildman–Crippen LogP) is 3.75. The zero-order chi connectivity index (χ0) is 16.4. The van der Waals surface area contributed by atoms with Crippen LogP contribution in [0.25, 0.3) is 22.5 Å². The number of carboxylic acids is 1. The van der Waals surface area contributed by atoms with E-state index < -0.39 is 5.97 Å². The molecule has 0 aliphatic carbocycles. The lowest BCUT2D eigenvalue weighted by Gasteiger charge is -2.04. The maximum absolute atomic E-state index is 13.4. The molecular weight excluding hydrogens is 295 g/mol. The zero-order valence-corrected chi connectivity index (χ0v) is 12.5. The van der Waals surface area contributed by atoms with Crippen molar-refractivity contribution in [3.63, 3.8) is 0 Å². The molecule has 1 aromatic heterocycles. The number of hydrogen-bond acceptors (Lipinski definition) is 2. The van der Waals surface area contributed by atoms with Crippen molar-refractivity contribution in [3.8, 4) is 22.5 Å². The van der Waals surface area contributed by atoms with Crippen molar-refractivity contribution < 1.29 is 14.3 Å². The van der Waals surface area contributed by atoms with Crippen molar-refractivity contribution in [1.82, 2.24) is 9.78 Å². The van der Waals surface area contributed by atoms with Gasteiger partial charge in [-0.25, -0.2) is 4.39 Å². The average molecular weight is 310 g/mol. The molecule has 0 atom stereocenters. The predicted molar refractivity (Wildman–Crippen MR) is 85.4 cm³/mol. The molecule has 2 aromatic carbocycles. The molecule has 3 rings (SSSR count). The maximum atomic E-state index is 13.4. The molecule has 1 heterocycles. The summed E-state index contributed by atoms with van der Waals surface area (Å²) in [5, 5.41) is 13.5. The van der Waals surface area contributed by atoms with E-state index in [4.69, 9.17) is 5.11 Å². The number of aryl methyl sites for hydroxylation is 1. The van der Waals surface area contributed by atoms with Crippen LogP contribution in [0.3, 0.4) is 0 Å². The number of aliphatic carboxylic acids is 1. The second-order valence-corrected chi connectivity index (χ2v) is 5.30. The Labute approximate surface area is 132 Å². The first-order valence-electron chi connectivity index (χ1n) is 7.16. The van der Waals surface area contributed by atoms with Gasteiger partial charge < -0.3 is 5.11 Å². The molecule has 1 N–H and O–H groups in total. The van der Waals surface area contributed by atoms with E-state index in [1.165, 1.54) is 10.7 Å². The van der Waals surface area contributed by atoms with E-state index in [1.54, 1.807) is 19.1 Å². The first-order valence-corrected chi connectivity index (χ1v) is 7.16. The number of nitrogens with zero attached hydrogens (tertiary/aromatic N) is 2. The molecule has 0 spiro atoms. The standard InChI is InChI=1S/C18H15FN2O2/c1-12-9-14(7-8-15(12)19)16-10-17(13-5-3-2-4-6-13)21(20-16)11-18(22)23/h2-10H,11H2,1H3,(H,22,23). The van der Waals surface area contributed by atoms with E-state index in [-0.39, 0.29) is 12.4 Å². The van der Waals surface area contributed by atoms with Crippen LogP contribution in [0.4, 0.5) is 4.39 Å². The lowest BCUT2D eigenvalue weighted by atomic mass is 10.1. The summed E-state index contributed by atoms with van der Waals surface area (Å²) in [4.78, 5) is 11.1. The van der Waals surface area contributed by atoms with E-state index >= 15 is 0 Å². The van der Waals surface area contributed by atoms with Crippen LogP contribution in [0.15, 0.2) is 54.6 Å². The van der Waals surface area contributed by atoms with Crippen molar-refractivity contribution >= 4 is 5.97 Å². The normalized spacial score (nSPS) is 10.7. The molecule has 0 unspecified atom stereocenters. The van der Waals surface area contributed by atoms with Gasteiger partial charge in [0.1, 0.15) is 12.4 Å². The van der Waals surface area contributed by atoms with Crippen molar-refractivity contribution in [2.75, 3.05) is 0 Å². The van der Waals surface area contributed by atoms with Crippen LogP contribution in [0.1, 0.15) is 5.56 Å². The summed E-state index contributed by atoms with van der Waals surface area (Å²) in [6.45, 7) is 1.45. The molecule has 3 aromatic rings. The van der Waals surface area contributed by atoms with Crippen LogP contribution in [0.2, 0.25) is 0 Å². The van der Waals surface area contributed by atoms with Gasteiger partial charge in [-0.3, -0.25) is 9.48 Å². The van der Waals surface area contributed by atoms with E-state index in [0.717, 1.165) is 11.1 Å². The molecule has 0 amide bonds. The van der Waals surface area contributed by atoms with Crippen molar-refractivity contribution in [3.05, 3.63) is 66.0 Å². The minimum Gasteiger partial charge on any atom is -0.480 e. The highest BCUT2D eigenvalue weighted by Gasteiger charge is 2.14. The number of carboxylic acid groups (broad SMARTS) is 1. The van der Waals surface area contributed by atoms with Gasteiger partial charge >= 0.3 is 5.97 Å². The minimum atomic E-state index is -0.966. The van der Waals surface area contributed by atoms with Crippen LogP contribution in [0, 0.1) is 12.7 Å². The van der Waals surface area contributed by atoms with Crippen LogP contribution in [0.5, 0.6) is 0 Å². The number of hydrogen-bond donors (Lipinski definition) is 1. The molecule has 23 heavy (non-hydrogen) atoms. The number of benzene rings is 2. The summed E-state index contributed by atoms with van der Waals surface area (Å²) in [7, 11) is 0. The van der Waals surface area contributed by atoms with E-state index in [0.29, 0.717) is 17.0 Å². The lowest BCUT2D eigenvalue weighted by molar-refractivity contribution is -0.137. The van der Waals surface area contributed by atoms with Crippen molar-refractivity contribution in [2.45, 2.75) is 13.5 Å². The highest BCUT2D eigenvalue weighted by molar-refractivity contribution is 5.72. The van der Waals surface area contributed by atoms with Crippen LogP contribution >= 0.6 is 0 Å². The Bertz CT molecular complexity index is 857. The Morgan fingerprint density at radius 2 is 1.87 bits per heavy atom. The number of aromatic nitrogens is 2. The summed E-state index contributed by atoms with van der Waals surface area (Å²) < 4.78 is 14.9. The van der Waals surface area contributed by atoms with Gasteiger partial charge in [0.15, 0.2) is 0 Å². The van der Waals surface area contributed by atoms with Gasteiger partial charge in [0.2, 0.25) is 0 Å². The second kappa shape index (κ2) is 6.04. The third kappa shape index (κ3) is 3.13. The lowest BCUT2D eigenvalue weighted by Crippen LogP contribution is -2.11. The molecule has 116 valence electrons. The Morgan fingerprint density at radius 1 is 1.13 bits per heavy atom. The summed E-state index contributed by atoms with van der Waals surface area (Å²) >= 11 is 0. The first kappa shape index (κ1) is 15.0. The Morgan fingerprint density at radius 3 is 2.52 bits per heavy atom. The van der Waals surface area contributed by atoms with Gasteiger partial charge in [-0.05, 0) is 42.3 Å². The largest absolute Gasteiger partial charge is 0.480 e. The van der Waals surface area contributed by atoms with E-state index in [9.17, 15) is 9.18 Å². The maximum Gasteiger partial charge on any atom is 0.325 e. The average Bonchev–Trinajstić information content (AvgIpc) is 2.94. The van der Waals surface area contributed by atoms with Crippen LogP contribution < -0.4 is 0 Å². The highest BCUT2D eigenvalue weighted by Crippen LogP contribution is 2.27. The minimum absolute atomic E-state index is 0.232. The third-order valence-corrected chi connectivity index (χ3v) is 3.59. The fourth-order valence-electron chi connectivity index (χ4n) is 2.45. The second-order valence-electron chi connectivity index (χ2n) is 5.30. The van der Waals surface area contributed by atoms with Gasteiger partial charge in [-0.15, -0.1) is 0 Å². The fraction of sp³-hybridized carbons (Fsp3) is 0.111. The first-order chi connectivity index (χ1) is 11.0. The molecule has 4 nitrogen and oxygen atoms in total. The fourth-order valence-corrected chi connectivity index (χ4v) is 2.45. The monoisotopic (exact) mass is 310 g/mol. The molecule has 0 bridgehead atoms. The number of rotatable bonds is 4. The smallest absolute Gasteiger partial charge is 0.325 e. The quantitative estimate of drug-likeness (QED) is 0.798. The summed E-state index contributed by atoms with van der Waals surface area (Å²) in [5.41, 5.74) is 3.49. The van der Waals surface area contributed by atoms with Gasteiger partial charge in [0.25, 0.3) is 0 Å². The third-order valence-electron chi connectivity index (χ3n) is 3.59. The molecular formula is C18H15FN2O2.